The van der Waals surface area contributed by atoms with Crippen LogP contribution in [0.15, 0.2) is 53.4 Å². The first kappa shape index (κ1) is 21.4. The number of carbonyl (C=O) groups is 1. The number of piperidine rings is 1. The van der Waals surface area contributed by atoms with Crippen molar-refractivity contribution in [3.05, 3.63) is 59.1 Å². The predicted molar refractivity (Wildman–Crippen MR) is 119 cm³/mol. The minimum absolute atomic E-state index is 0.0310. The van der Waals surface area contributed by atoms with Crippen molar-refractivity contribution in [2.45, 2.75) is 24.2 Å². The largest absolute Gasteiger partial charge is 0.355 e. The normalized spacial score (nSPS) is 15.6. The second-order valence-electron chi connectivity index (χ2n) is 7.43. The van der Waals surface area contributed by atoms with Crippen molar-refractivity contribution in [3.63, 3.8) is 0 Å². The molecule has 4 rings (SSSR count). The fraction of sp³-hybridized carbons (Fsp3) is 0.318. The SMILES string of the molecule is N#Cc1ccc(S(=O)(=O)N2CCC(C(=O)NCCc3nc4ccccc4s3)CC2)cc1. The van der Waals surface area contributed by atoms with E-state index in [0.717, 1.165) is 15.2 Å². The summed E-state index contributed by atoms with van der Waals surface area (Å²) in [6, 6.07) is 15.8. The quantitative estimate of drug-likeness (QED) is 0.617. The summed E-state index contributed by atoms with van der Waals surface area (Å²) in [5.74, 6) is -0.223. The van der Waals surface area contributed by atoms with E-state index in [4.69, 9.17) is 5.26 Å². The van der Waals surface area contributed by atoms with E-state index in [1.807, 2.05) is 30.3 Å². The van der Waals surface area contributed by atoms with Gasteiger partial charge in [-0.05, 0) is 49.2 Å². The van der Waals surface area contributed by atoms with Crippen molar-refractivity contribution in [2.24, 2.45) is 5.92 Å². The van der Waals surface area contributed by atoms with Gasteiger partial charge in [-0.15, -0.1) is 11.3 Å². The highest BCUT2D eigenvalue weighted by atomic mass is 32.2. The lowest BCUT2D eigenvalue weighted by atomic mass is 9.97. The average molecular weight is 455 g/mol. The first-order valence-electron chi connectivity index (χ1n) is 10.1. The number of aromatic nitrogens is 1. The van der Waals surface area contributed by atoms with Crippen molar-refractivity contribution in [1.82, 2.24) is 14.6 Å². The number of hydrogen-bond donors (Lipinski definition) is 1. The van der Waals surface area contributed by atoms with E-state index in [-0.39, 0.29) is 16.7 Å². The average Bonchev–Trinajstić information content (AvgIpc) is 3.22. The van der Waals surface area contributed by atoms with Crippen LogP contribution in [0.4, 0.5) is 0 Å². The maximum atomic E-state index is 12.8. The summed E-state index contributed by atoms with van der Waals surface area (Å²) in [5.41, 5.74) is 1.39. The Balaban J connectivity index is 1.27. The van der Waals surface area contributed by atoms with Gasteiger partial charge in [0.05, 0.1) is 31.8 Å². The highest BCUT2D eigenvalue weighted by Gasteiger charge is 2.32. The van der Waals surface area contributed by atoms with Gasteiger partial charge in [0, 0.05) is 32.0 Å². The van der Waals surface area contributed by atoms with Crippen molar-refractivity contribution in [2.75, 3.05) is 19.6 Å². The molecule has 2 aromatic carbocycles. The number of para-hydroxylation sites is 1. The molecule has 31 heavy (non-hydrogen) atoms. The zero-order valence-electron chi connectivity index (χ0n) is 16.8. The highest BCUT2D eigenvalue weighted by molar-refractivity contribution is 7.89. The number of carbonyl (C=O) groups excluding carboxylic acids is 1. The Hall–Kier alpha value is -2.80. The molecule has 7 nitrogen and oxygen atoms in total. The minimum atomic E-state index is -3.62. The van der Waals surface area contributed by atoms with Crippen LogP contribution < -0.4 is 5.32 Å². The van der Waals surface area contributed by atoms with E-state index >= 15 is 0 Å². The second-order valence-corrected chi connectivity index (χ2v) is 10.5. The molecule has 1 aliphatic heterocycles. The van der Waals surface area contributed by atoms with E-state index in [1.165, 1.54) is 28.6 Å². The van der Waals surface area contributed by atoms with Crippen LogP contribution in [0.5, 0.6) is 0 Å². The monoisotopic (exact) mass is 454 g/mol. The maximum absolute atomic E-state index is 12.8. The van der Waals surface area contributed by atoms with Gasteiger partial charge in [0.2, 0.25) is 15.9 Å². The zero-order chi connectivity index (χ0) is 21.8. The molecule has 0 radical (unpaired) electrons. The fourth-order valence-electron chi connectivity index (χ4n) is 3.67. The Morgan fingerprint density at radius 2 is 1.87 bits per heavy atom. The summed E-state index contributed by atoms with van der Waals surface area (Å²) < 4.78 is 28.2. The van der Waals surface area contributed by atoms with Gasteiger partial charge in [-0.25, -0.2) is 13.4 Å². The van der Waals surface area contributed by atoms with Crippen molar-refractivity contribution in [3.8, 4) is 6.07 Å². The van der Waals surface area contributed by atoms with E-state index in [9.17, 15) is 13.2 Å². The van der Waals surface area contributed by atoms with Gasteiger partial charge < -0.3 is 5.32 Å². The molecule has 0 atom stereocenters. The molecule has 0 saturated carbocycles. The number of sulfonamides is 1. The molecular formula is C22H22N4O3S2. The predicted octanol–water partition coefficient (Wildman–Crippen LogP) is 2.93. The Bertz CT molecular complexity index is 1190. The van der Waals surface area contributed by atoms with Gasteiger partial charge in [-0.3, -0.25) is 4.79 Å². The number of fused-ring (bicyclic) bond motifs is 1. The molecule has 2 heterocycles. The number of thiazole rings is 1. The number of benzene rings is 2. The lowest BCUT2D eigenvalue weighted by molar-refractivity contribution is -0.126. The lowest BCUT2D eigenvalue weighted by Crippen LogP contribution is -2.43. The van der Waals surface area contributed by atoms with Gasteiger partial charge in [0.25, 0.3) is 0 Å². The van der Waals surface area contributed by atoms with Crippen LogP contribution in [0, 0.1) is 17.2 Å². The third-order valence-electron chi connectivity index (χ3n) is 5.42. The first-order chi connectivity index (χ1) is 15.0. The highest BCUT2D eigenvalue weighted by Crippen LogP contribution is 2.25. The molecule has 9 heteroatoms. The van der Waals surface area contributed by atoms with Crippen LogP contribution in [-0.4, -0.2) is 43.2 Å². The van der Waals surface area contributed by atoms with Gasteiger partial charge in [-0.2, -0.15) is 9.57 Å². The fourth-order valence-corrected chi connectivity index (χ4v) is 6.11. The number of rotatable bonds is 6. The van der Waals surface area contributed by atoms with Gasteiger partial charge in [0.1, 0.15) is 0 Å². The Labute approximate surface area is 185 Å². The molecule has 1 fully saturated rings. The summed E-state index contributed by atoms with van der Waals surface area (Å²) >= 11 is 1.63. The molecule has 1 aromatic heterocycles. The number of amides is 1. The summed E-state index contributed by atoms with van der Waals surface area (Å²) in [4.78, 5) is 17.3. The smallest absolute Gasteiger partial charge is 0.243 e. The molecule has 0 bridgehead atoms. The standard InChI is InChI=1S/C22H22N4O3S2/c23-15-16-5-7-18(8-6-16)31(28,29)26-13-10-17(11-14-26)22(27)24-12-9-21-25-19-3-1-2-4-20(19)30-21/h1-8,17H,9-14H2,(H,24,27). The summed E-state index contributed by atoms with van der Waals surface area (Å²) in [6.45, 7) is 1.12. The van der Waals surface area contributed by atoms with Crippen LogP contribution in [0.3, 0.4) is 0 Å². The van der Waals surface area contributed by atoms with Gasteiger partial charge >= 0.3 is 0 Å². The molecular weight excluding hydrogens is 432 g/mol. The molecule has 0 aliphatic carbocycles. The molecule has 0 spiro atoms. The van der Waals surface area contributed by atoms with Crippen LogP contribution in [0.25, 0.3) is 10.2 Å². The summed E-state index contributed by atoms with van der Waals surface area (Å²) in [6.07, 6.45) is 1.65. The summed E-state index contributed by atoms with van der Waals surface area (Å²) in [7, 11) is -3.62. The van der Waals surface area contributed by atoms with Gasteiger partial charge in [-0.1, -0.05) is 12.1 Å². The zero-order valence-corrected chi connectivity index (χ0v) is 18.5. The molecule has 3 aromatic rings. The van der Waals surface area contributed by atoms with Crippen LogP contribution in [0.1, 0.15) is 23.4 Å². The van der Waals surface area contributed by atoms with Crippen LogP contribution in [-0.2, 0) is 21.2 Å². The molecule has 1 aliphatic rings. The first-order valence-corrected chi connectivity index (χ1v) is 12.4. The molecule has 160 valence electrons. The van der Waals surface area contributed by atoms with E-state index in [2.05, 4.69) is 10.3 Å². The van der Waals surface area contributed by atoms with Gasteiger partial charge in [0.15, 0.2) is 0 Å². The second kappa shape index (κ2) is 9.14. The third-order valence-corrected chi connectivity index (χ3v) is 8.43. The number of nitriles is 1. The Morgan fingerprint density at radius 3 is 2.55 bits per heavy atom. The Kier molecular flexibility index (Phi) is 6.32. The summed E-state index contributed by atoms with van der Waals surface area (Å²) in [5, 5.41) is 12.8. The maximum Gasteiger partial charge on any atom is 0.243 e. The van der Waals surface area contributed by atoms with Crippen LogP contribution in [0.2, 0.25) is 0 Å². The lowest BCUT2D eigenvalue weighted by Gasteiger charge is -2.30. The molecule has 1 amide bonds. The number of hydrogen-bond acceptors (Lipinski definition) is 6. The molecule has 1 N–H and O–H groups in total. The number of nitrogens with zero attached hydrogens (tertiary/aromatic N) is 3. The van der Waals surface area contributed by atoms with E-state index in [0.29, 0.717) is 44.5 Å². The third kappa shape index (κ3) is 4.77. The van der Waals surface area contributed by atoms with E-state index < -0.39 is 10.0 Å². The van der Waals surface area contributed by atoms with E-state index in [1.54, 1.807) is 11.3 Å². The van der Waals surface area contributed by atoms with Crippen molar-refractivity contribution in [1.29, 1.82) is 5.26 Å². The molecule has 0 unspecified atom stereocenters. The van der Waals surface area contributed by atoms with Crippen molar-refractivity contribution >= 4 is 37.5 Å². The minimum Gasteiger partial charge on any atom is -0.355 e. The van der Waals surface area contributed by atoms with Crippen molar-refractivity contribution < 1.29 is 13.2 Å². The number of nitrogens with one attached hydrogen (secondary N) is 1. The topological polar surface area (TPSA) is 103 Å². The molecule has 1 saturated heterocycles. The Morgan fingerprint density at radius 1 is 1.16 bits per heavy atom. The van der Waals surface area contributed by atoms with Crippen LogP contribution >= 0.6 is 11.3 Å².